The Morgan fingerprint density at radius 3 is 2.60 bits per heavy atom. The third-order valence-electron chi connectivity index (χ3n) is 4.07. The molecule has 0 aliphatic heterocycles. The summed E-state index contributed by atoms with van der Waals surface area (Å²) in [5.74, 6) is 0.780. The van der Waals surface area contributed by atoms with Crippen LogP contribution in [0.4, 0.5) is 0 Å². The van der Waals surface area contributed by atoms with Gasteiger partial charge in [0.1, 0.15) is 0 Å². The molecule has 2 atom stereocenters. The number of aliphatic carboxylic acids is 1. The lowest BCUT2D eigenvalue weighted by molar-refractivity contribution is -0.140. The molecule has 88 valence electrons. The fourth-order valence-corrected chi connectivity index (χ4v) is 2.91. The van der Waals surface area contributed by atoms with E-state index in [1.165, 1.54) is 32.1 Å². The molecule has 0 heterocycles. The molecule has 1 rings (SSSR count). The first-order valence-corrected chi connectivity index (χ1v) is 6.17. The Morgan fingerprint density at radius 2 is 2.07 bits per heavy atom. The van der Waals surface area contributed by atoms with Crippen LogP contribution in [-0.2, 0) is 4.79 Å². The van der Waals surface area contributed by atoms with E-state index in [4.69, 9.17) is 5.11 Å². The summed E-state index contributed by atoms with van der Waals surface area (Å²) in [6.07, 6.45) is 6.64. The van der Waals surface area contributed by atoms with Gasteiger partial charge >= 0.3 is 5.97 Å². The van der Waals surface area contributed by atoms with Gasteiger partial charge in [0.25, 0.3) is 0 Å². The summed E-state index contributed by atoms with van der Waals surface area (Å²) in [5.41, 5.74) is -0.0281. The molecule has 0 amide bonds. The second-order valence-corrected chi connectivity index (χ2v) is 5.70. The lowest BCUT2D eigenvalue weighted by atomic mass is 9.66. The van der Waals surface area contributed by atoms with Gasteiger partial charge in [0.2, 0.25) is 0 Å². The van der Waals surface area contributed by atoms with Crippen molar-refractivity contribution in [1.82, 2.24) is 0 Å². The summed E-state index contributed by atoms with van der Waals surface area (Å²) in [5, 5.41) is 8.90. The molecule has 1 saturated carbocycles. The minimum absolute atomic E-state index is 0.0281. The van der Waals surface area contributed by atoms with Gasteiger partial charge < -0.3 is 5.11 Å². The summed E-state index contributed by atoms with van der Waals surface area (Å²) in [6, 6.07) is 0. The van der Waals surface area contributed by atoms with Crippen molar-refractivity contribution in [2.75, 3.05) is 0 Å². The molecule has 1 aliphatic carbocycles. The lowest BCUT2D eigenvalue weighted by Gasteiger charge is -2.39. The van der Waals surface area contributed by atoms with Crippen LogP contribution in [0.5, 0.6) is 0 Å². The van der Waals surface area contributed by atoms with Crippen molar-refractivity contribution in [3.63, 3.8) is 0 Å². The molecule has 1 aliphatic rings. The standard InChI is InChI=1S/C13H24O2/c1-4-10-6-5-7-11(8-10)13(2,3)9-12(14)15/h10-11H,4-9H2,1-3H3,(H,14,15). The highest BCUT2D eigenvalue weighted by Gasteiger charge is 2.34. The lowest BCUT2D eigenvalue weighted by Crippen LogP contribution is -2.31. The third kappa shape index (κ3) is 3.51. The highest BCUT2D eigenvalue weighted by molar-refractivity contribution is 5.67. The monoisotopic (exact) mass is 212 g/mol. The average molecular weight is 212 g/mol. The van der Waals surface area contributed by atoms with Crippen LogP contribution < -0.4 is 0 Å². The number of hydrogen-bond donors (Lipinski definition) is 1. The van der Waals surface area contributed by atoms with Gasteiger partial charge in [-0.05, 0) is 30.1 Å². The molecule has 2 unspecified atom stereocenters. The van der Waals surface area contributed by atoms with Gasteiger partial charge in [-0.15, -0.1) is 0 Å². The van der Waals surface area contributed by atoms with E-state index in [2.05, 4.69) is 20.8 Å². The highest BCUT2D eigenvalue weighted by atomic mass is 16.4. The zero-order valence-electron chi connectivity index (χ0n) is 10.3. The van der Waals surface area contributed by atoms with E-state index in [0.29, 0.717) is 12.3 Å². The third-order valence-corrected chi connectivity index (χ3v) is 4.07. The van der Waals surface area contributed by atoms with E-state index in [9.17, 15) is 4.79 Å². The summed E-state index contributed by atoms with van der Waals surface area (Å²) in [4.78, 5) is 10.8. The van der Waals surface area contributed by atoms with Gasteiger partial charge in [0, 0.05) is 0 Å². The molecule has 0 saturated heterocycles. The van der Waals surface area contributed by atoms with Crippen molar-refractivity contribution in [2.24, 2.45) is 17.3 Å². The topological polar surface area (TPSA) is 37.3 Å². The first kappa shape index (κ1) is 12.5. The van der Waals surface area contributed by atoms with Crippen molar-refractivity contribution in [2.45, 2.75) is 59.3 Å². The predicted octanol–water partition coefficient (Wildman–Crippen LogP) is 3.70. The van der Waals surface area contributed by atoms with Crippen molar-refractivity contribution >= 4 is 5.97 Å². The van der Waals surface area contributed by atoms with Crippen molar-refractivity contribution in [1.29, 1.82) is 0 Å². The maximum Gasteiger partial charge on any atom is 0.303 e. The molecule has 0 aromatic rings. The molecule has 2 nitrogen and oxygen atoms in total. The maximum absolute atomic E-state index is 10.8. The molecule has 15 heavy (non-hydrogen) atoms. The molecular formula is C13H24O2. The first-order chi connectivity index (χ1) is 6.95. The van der Waals surface area contributed by atoms with E-state index in [0.717, 1.165) is 5.92 Å². The summed E-state index contributed by atoms with van der Waals surface area (Å²) in [7, 11) is 0. The zero-order chi connectivity index (χ0) is 11.5. The summed E-state index contributed by atoms with van der Waals surface area (Å²) < 4.78 is 0. The second kappa shape index (κ2) is 5.00. The molecule has 0 spiro atoms. The number of hydrogen-bond acceptors (Lipinski definition) is 1. The van der Waals surface area contributed by atoms with Crippen molar-refractivity contribution < 1.29 is 9.90 Å². The van der Waals surface area contributed by atoms with Crippen LogP contribution >= 0.6 is 0 Å². The van der Waals surface area contributed by atoms with Crippen LogP contribution in [0.15, 0.2) is 0 Å². The first-order valence-electron chi connectivity index (χ1n) is 6.17. The van der Waals surface area contributed by atoms with Crippen LogP contribution in [0.3, 0.4) is 0 Å². The Kier molecular flexibility index (Phi) is 4.18. The van der Waals surface area contributed by atoms with Crippen LogP contribution in [-0.4, -0.2) is 11.1 Å². The van der Waals surface area contributed by atoms with Crippen LogP contribution in [0, 0.1) is 17.3 Å². The Labute approximate surface area is 93.1 Å². The minimum Gasteiger partial charge on any atom is -0.481 e. The Balaban J connectivity index is 2.57. The maximum atomic E-state index is 10.8. The average Bonchev–Trinajstić information content (AvgIpc) is 2.16. The molecular weight excluding hydrogens is 188 g/mol. The van der Waals surface area contributed by atoms with E-state index < -0.39 is 5.97 Å². The molecule has 2 heteroatoms. The number of carboxylic acid groups (broad SMARTS) is 1. The van der Waals surface area contributed by atoms with E-state index >= 15 is 0 Å². The van der Waals surface area contributed by atoms with Crippen LogP contribution in [0.2, 0.25) is 0 Å². The summed E-state index contributed by atoms with van der Waals surface area (Å²) >= 11 is 0. The number of rotatable bonds is 4. The second-order valence-electron chi connectivity index (χ2n) is 5.70. The molecule has 0 bridgehead atoms. The molecule has 0 radical (unpaired) electrons. The largest absolute Gasteiger partial charge is 0.481 e. The van der Waals surface area contributed by atoms with Crippen LogP contribution in [0.25, 0.3) is 0 Å². The fraction of sp³-hybridized carbons (Fsp3) is 0.923. The quantitative estimate of drug-likeness (QED) is 0.771. The van der Waals surface area contributed by atoms with Crippen LogP contribution in [0.1, 0.15) is 59.3 Å². The van der Waals surface area contributed by atoms with Gasteiger partial charge in [-0.25, -0.2) is 0 Å². The van der Waals surface area contributed by atoms with Gasteiger partial charge in [-0.1, -0.05) is 40.0 Å². The van der Waals surface area contributed by atoms with Gasteiger partial charge in [0.05, 0.1) is 6.42 Å². The Hall–Kier alpha value is -0.530. The van der Waals surface area contributed by atoms with Gasteiger partial charge in [0.15, 0.2) is 0 Å². The van der Waals surface area contributed by atoms with E-state index in [1.807, 2.05) is 0 Å². The minimum atomic E-state index is -0.654. The normalized spacial score (nSPS) is 27.7. The molecule has 0 aromatic heterocycles. The molecule has 1 N–H and O–H groups in total. The number of carboxylic acids is 1. The van der Waals surface area contributed by atoms with Crippen molar-refractivity contribution in [3.8, 4) is 0 Å². The molecule has 1 fully saturated rings. The Bertz CT molecular complexity index is 221. The van der Waals surface area contributed by atoms with Crippen molar-refractivity contribution in [3.05, 3.63) is 0 Å². The van der Waals surface area contributed by atoms with Gasteiger partial charge in [-0.2, -0.15) is 0 Å². The SMILES string of the molecule is CCC1CCCC(C(C)(C)CC(=O)O)C1. The highest BCUT2D eigenvalue weighted by Crippen LogP contribution is 2.43. The molecule has 0 aromatic carbocycles. The Morgan fingerprint density at radius 1 is 1.40 bits per heavy atom. The zero-order valence-corrected chi connectivity index (χ0v) is 10.3. The smallest absolute Gasteiger partial charge is 0.303 e. The van der Waals surface area contributed by atoms with Gasteiger partial charge in [-0.3, -0.25) is 4.79 Å². The predicted molar refractivity (Wildman–Crippen MR) is 61.8 cm³/mol. The summed E-state index contributed by atoms with van der Waals surface area (Å²) in [6.45, 7) is 6.48. The fourth-order valence-electron chi connectivity index (χ4n) is 2.91. The number of carbonyl (C=O) groups is 1. The van der Waals surface area contributed by atoms with E-state index in [1.54, 1.807) is 0 Å². The van der Waals surface area contributed by atoms with E-state index in [-0.39, 0.29) is 5.41 Å².